The minimum atomic E-state index is 0.0175. The Hall–Kier alpha value is -2.17. The van der Waals surface area contributed by atoms with E-state index in [2.05, 4.69) is 28.4 Å². The van der Waals surface area contributed by atoms with E-state index < -0.39 is 0 Å². The molecule has 1 unspecified atom stereocenters. The lowest BCUT2D eigenvalue weighted by Gasteiger charge is -2.25. The van der Waals surface area contributed by atoms with Gasteiger partial charge in [-0.05, 0) is 55.5 Å². The maximum atomic E-state index is 12.6. The molecule has 0 saturated carbocycles. The van der Waals surface area contributed by atoms with Crippen molar-refractivity contribution in [3.8, 4) is 0 Å². The predicted octanol–water partition coefficient (Wildman–Crippen LogP) is 3.92. The Morgan fingerprint density at radius 2 is 1.88 bits per heavy atom. The van der Waals surface area contributed by atoms with Crippen molar-refractivity contribution in [3.05, 3.63) is 65.2 Å². The van der Waals surface area contributed by atoms with Gasteiger partial charge in [0.25, 0.3) is 0 Å². The molecular formula is C22H28N2O2. The van der Waals surface area contributed by atoms with Crippen molar-refractivity contribution < 1.29 is 9.53 Å². The van der Waals surface area contributed by atoms with Gasteiger partial charge in [0.1, 0.15) is 0 Å². The lowest BCUT2D eigenvalue weighted by molar-refractivity contribution is -0.117. The largest absolute Gasteiger partial charge is 0.377 e. The van der Waals surface area contributed by atoms with E-state index in [1.54, 1.807) is 0 Å². The second kappa shape index (κ2) is 8.97. The minimum absolute atomic E-state index is 0.0175. The highest BCUT2D eigenvalue weighted by molar-refractivity contribution is 5.92. The maximum Gasteiger partial charge on any atom is 0.238 e. The molecule has 0 radical (unpaired) electrons. The fraction of sp³-hybridized carbons (Fsp3) is 0.409. The average molecular weight is 352 g/mol. The standard InChI is InChI=1S/C22H28N2O2/c1-17-11-18(2)13-20(12-17)23-22(25)16-24(15-21-9-6-10-26-21)14-19-7-4-3-5-8-19/h3-5,7-8,11-13,21H,6,9-10,14-16H2,1-2H3,(H,23,25). The van der Waals surface area contributed by atoms with Gasteiger partial charge in [0.15, 0.2) is 0 Å². The highest BCUT2D eigenvalue weighted by Crippen LogP contribution is 2.16. The molecule has 1 heterocycles. The molecule has 2 aromatic rings. The van der Waals surface area contributed by atoms with Crippen molar-refractivity contribution in [1.29, 1.82) is 0 Å². The van der Waals surface area contributed by atoms with Crippen molar-refractivity contribution in [1.82, 2.24) is 4.90 Å². The number of hydrogen-bond donors (Lipinski definition) is 1. The van der Waals surface area contributed by atoms with Crippen LogP contribution in [0.4, 0.5) is 5.69 Å². The summed E-state index contributed by atoms with van der Waals surface area (Å²) in [7, 11) is 0. The Balaban J connectivity index is 1.64. The number of rotatable bonds is 7. The van der Waals surface area contributed by atoms with E-state index in [-0.39, 0.29) is 12.0 Å². The lowest BCUT2D eigenvalue weighted by Crippen LogP contribution is -2.37. The molecule has 0 aromatic heterocycles. The molecule has 1 aliphatic rings. The van der Waals surface area contributed by atoms with Gasteiger partial charge < -0.3 is 10.1 Å². The zero-order valence-corrected chi connectivity index (χ0v) is 15.7. The van der Waals surface area contributed by atoms with Gasteiger partial charge >= 0.3 is 0 Å². The van der Waals surface area contributed by atoms with Gasteiger partial charge in [0.05, 0.1) is 12.6 Å². The molecular weight excluding hydrogens is 324 g/mol. The molecule has 1 amide bonds. The van der Waals surface area contributed by atoms with E-state index in [0.29, 0.717) is 6.54 Å². The molecule has 0 aliphatic carbocycles. The van der Waals surface area contributed by atoms with Crippen LogP contribution in [-0.4, -0.2) is 36.6 Å². The summed E-state index contributed by atoms with van der Waals surface area (Å²) >= 11 is 0. The second-order valence-electron chi connectivity index (χ2n) is 7.21. The van der Waals surface area contributed by atoms with Crippen molar-refractivity contribution in [2.75, 3.05) is 25.0 Å². The molecule has 4 nitrogen and oxygen atoms in total. The molecule has 2 aromatic carbocycles. The van der Waals surface area contributed by atoms with Gasteiger partial charge in [-0.2, -0.15) is 0 Å². The average Bonchev–Trinajstić information content (AvgIpc) is 3.07. The monoisotopic (exact) mass is 352 g/mol. The zero-order chi connectivity index (χ0) is 18.4. The number of aryl methyl sites for hydroxylation is 2. The first-order valence-electron chi connectivity index (χ1n) is 9.34. The van der Waals surface area contributed by atoms with Crippen molar-refractivity contribution in [3.63, 3.8) is 0 Å². The van der Waals surface area contributed by atoms with E-state index in [1.807, 2.05) is 44.2 Å². The number of hydrogen-bond acceptors (Lipinski definition) is 3. The Bertz CT molecular complexity index is 704. The zero-order valence-electron chi connectivity index (χ0n) is 15.7. The summed E-state index contributed by atoms with van der Waals surface area (Å²) in [4.78, 5) is 14.8. The van der Waals surface area contributed by atoms with Crippen LogP contribution in [0, 0.1) is 13.8 Å². The van der Waals surface area contributed by atoms with Crippen LogP contribution in [0.3, 0.4) is 0 Å². The first-order chi connectivity index (χ1) is 12.6. The number of benzene rings is 2. The number of nitrogens with one attached hydrogen (secondary N) is 1. The third kappa shape index (κ3) is 5.68. The summed E-state index contributed by atoms with van der Waals surface area (Å²) in [5, 5.41) is 3.04. The highest BCUT2D eigenvalue weighted by atomic mass is 16.5. The number of ether oxygens (including phenoxy) is 1. The summed E-state index contributed by atoms with van der Waals surface area (Å²) in [6.07, 6.45) is 2.41. The van der Waals surface area contributed by atoms with Crippen molar-refractivity contribution in [2.45, 2.75) is 39.3 Å². The fourth-order valence-corrected chi connectivity index (χ4v) is 3.55. The normalized spacial score (nSPS) is 16.8. The van der Waals surface area contributed by atoms with Crippen LogP contribution in [0.5, 0.6) is 0 Å². The quantitative estimate of drug-likeness (QED) is 0.821. The van der Waals surface area contributed by atoms with Gasteiger partial charge in [0, 0.05) is 25.4 Å². The lowest BCUT2D eigenvalue weighted by atomic mass is 10.1. The van der Waals surface area contributed by atoms with E-state index in [4.69, 9.17) is 4.74 Å². The minimum Gasteiger partial charge on any atom is -0.377 e. The molecule has 1 fully saturated rings. The molecule has 0 spiro atoms. The van der Waals surface area contributed by atoms with Crippen LogP contribution in [-0.2, 0) is 16.1 Å². The van der Waals surface area contributed by atoms with Gasteiger partial charge in [-0.3, -0.25) is 9.69 Å². The van der Waals surface area contributed by atoms with Crippen LogP contribution in [0.2, 0.25) is 0 Å². The van der Waals surface area contributed by atoms with Gasteiger partial charge in [-0.15, -0.1) is 0 Å². The first kappa shape index (κ1) is 18.6. The Morgan fingerprint density at radius 1 is 1.15 bits per heavy atom. The fourth-order valence-electron chi connectivity index (χ4n) is 3.55. The van der Waals surface area contributed by atoms with Crippen molar-refractivity contribution in [2.24, 2.45) is 0 Å². The van der Waals surface area contributed by atoms with E-state index >= 15 is 0 Å². The van der Waals surface area contributed by atoms with Crippen LogP contribution < -0.4 is 5.32 Å². The predicted molar refractivity (Wildman–Crippen MR) is 105 cm³/mol. The topological polar surface area (TPSA) is 41.6 Å². The van der Waals surface area contributed by atoms with E-state index in [1.165, 1.54) is 5.56 Å². The number of amides is 1. The molecule has 138 valence electrons. The molecule has 4 heteroatoms. The molecule has 0 bridgehead atoms. The smallest absolute Gasteiger partial charge is 0.238 e. The molecule has 1 saturated heterocycles. The van der Waals surface area contributed by atoms with Crippen LogP contribution >= 0.6 is 0 Å². The van der Waals surface area contributed by atoms with Crippen LogP contribution in [0.1, 0.15) is 29.5 Å². The third-order valence-electron chi connectivity index (χ3n) is 4.61. The van der Waals surface area contributed by atoms with Gasteiger partial charge in [-0.25, -0.2) is 0 Å². The van der Waals surface area contributed by atoms with Gasteiger partial charge in [0.2, 0.25) is 5.91 Å². The summed E-state index contributed by atoms with van der Waals surface area (Å²) in [6.45, 7) is 6.82. The van der Waals surface area contributed by atoms with Crippen LogP contribution in [0.15, 0.2) is 48.5 Å². The summed E-state index contributed by atoms with van der Waals surface area (Å²) in [6, 6.07) is 16.4. The summed E-state index contributed by atoms with van der Waals surface area (Å²) < 4.78 is 5.78. The number of carbonyl (C=O) groups is 1. The molecule has 1 N–H and O–H groups in total. The Labute approximate surface area is 156 Å². The third-order valence-corrected chi connectivity index (χ3v) is 4.61. The maximum absolute atomic E-state index is 12.6. The van der Waals surface area contributed by atoms with Gasteiger partial charge in [-0.1, -0.05) is 36.4 Å². The number of nitrogens with zero attached hydrogens (tertiary/aromatic N) is 1. The summed E-state index contributed by atoms with van der Waals surface area (Å²) in [5.74, 6) is 0.0175. The Morgan fingerprint density at radius 3 is 2.54 bits per heavy atom. The molecule has 3 rings (SSSR count). The molecule has 26 heavy (non-hydrogen) atoms. The van der Waals surface area contributed by atoms with Crippen molar-refractivity contribution >= 4 is 11.6 Å². The number of anilines is 1. The molecule has 1 aliphatic heterocycles. The van der Waals surface area contributed by atoms with E-state index in [9.17, 15) is 4.79 Å². The second-order valence-corrected chi connectivity index (χ2v) is 7.21. The number of carbonyl (C=O) groups excluding carboxylic acids is 1. The molecule has 1 atom stereocenters. The SMILES string of the molecule is Cc1cc(C)cc(NC(=O)CN(Cc2ccccc2)CC2CCCO2)c1. The summed E-state index contributed by atoms with van der Waals surface area (Å²) in [5.41, 5.74) is 4.38. The van der Waals surface area contributed by atoms with Crippen LogP contribution in [0.25, 0.3) is 0 Å². The Kier molecular flexibility index (Phi) is 6.42. The first-order valence-corrected chi connectivity index (χ1v) is 9.34. The van der Waals surface area contributed by atoms with E-state index in [0.717, 1.165) is 49.4 Å². The highest BCUT2D eigenvalue weighted by Gasteiger charge is 2.21.